The van der Waals surface area contributed by atoms with E-state index in [-0.39, 0.29) is 12.3 Å². The Hall–Kier alpha value is -1.47. The Morgan fingerprint density at radius 2 is 1.06 bits per heavy atom. The number of hydrogen-bond donors (Lipinski definition) is 1. The van der Waals surface area contributed by atoms with Crippen molar-refractivity contribution >= 4 is 18.2 Å². The van der Waals surface area contributed by atoms with Gasteiger partial charge in [-0.05, 0) is 32.1 Å². The smallest absolute Gasteiger partial charge is 0.305 e. The zero-order valence-electron chi connectivity index (χ0n) is 22.2. The zero-order chi connectivity index (χ0) is 25.7. The number of methoxy groups -OCH3 is 3. The summed E-state index contributed by atoms with van der Waals surface area (Å²) in [6, 6.07) is 0. The Labute approximate surface area is 208 Å². The van der Waals surface area contributed by atoms with E-state index in [0.717, 1.165) is 57.7 Å². The summed E-state index contributed by atoms with van der Waals surface area (Å²) in [6.45, 7) is 0. The van der Waals surface area contributed by atoms with Gasteiger partial charge >= 0.3 is 11.9 Å². The van der Waals surface area contributed by atoms with Crippen molar-refractivity contribution in [2.45, 2.75) is 135 Å². The van der Waals surface area contributed by atoms with Gasteiger partial charge in [0.2, 0.25) is 0 Å². The van der Waals surface area contributed by atoms with Crippen LogP contribution in [0.15, 0.2) is 0 Å². The van der Waals surface area contributed by atoms with Crippen molar-refractivity contribution in [2.24, 2.45) is 0 Å². The maximum Gasteiger partial charge on any atom is 0.305 e. The van der Waals surface area contributed by atoms with Gasteiger partial charge in [-0.15, -0.1) is 0 Å². The SMILES string of the molecule is COC(=O)CCCCCCCCCCC=O.COC(CCCCCCCCCCC(=O)O)OC. The molecule has 0 amide bonds. The molecule has 34 heavy (non-hydrogen) atoms. The van der Waals surface area contributed by atoms with Crippen molar-refractivity contribution in [1.82, 2.24) is 0 Å². The molecule has 0 rings (SSSR count). The monoisotopic (exact) mass is 488 g/mol. The van der Waals surface area contributed by atoms with E-state index in [0.29, 0.717) is 19.3 Å². The predicted octanol–water partition coefficient (Wildman–Crippen LogP) is 6.85. The van der Waals surface area contributed by atoms with E-state index >= 15 is 0 Å². The molecule has 0 bridgehead atoms. The van der Waals surface area contributed by atoms with Gasteiger partial charge in [-0.25, -0.2) is 0 Å². The normalized spacial score (nSPS) is 10.6. The van der Waals surface area contributed by atoms with Gasteiger partial charge in [0.1, 0.15) is 6.29 Å². The van der Waals surface area contributed by atoms with Crippen LogP contribution in [0, 0.1) is 0 Å². The summed E-state index contributed by atoms with van der Waals surface area (Å²) in [6.07, 6.45) is 21.7. The van der Waals surface area contributed by atoms with Crippen LogP contribution in [-0.2, 0) is 28.6 Å². The maximum absolute atomic E-state index is 10.8. The fraction of sp³-hybridized carbons (Fsp3) is 0.889. The van der Waals surface area contributed by atoms with Crippen LogP contribution in [0.25, 0.3) is 0 Å². The number of esters is 1. The van der Waals surface area contributed by atoms with Crippen molar-refractivity contribution in [1.29, 1.82) is 0 Å². The molecule has 1 N–H and O–H groups in total. The largest absolute Gasteiger partial charge is 0.481 e. The van der Waals surface area contributed by atoms with Crippen molar-refractivity contribution in [3.8, 4) is 0 Å². The third kappa shape index (κ3) is 30.5. The summed E-state index contributed by atoms with van der Waals surface area (Å²) < 4.78 is 14.8. The summed E-state index contributed by atoms with van der Waals surface area (Å²) in [4.78, 5) is 31.1. The van der Waals surface area contributed by atoms with Gasteiger partial charge in [-0.3, -0.25) is 9.59 Å². The topological polar surface area (TPSA) is 99.1 Å². The van der Waals surface area contributed by atoms with Gasteiger partial charge in [0.25, 0.3) is 0 Å². The number of carboxylic acids is 1. The highest BCUT2D eigenvalue weighted by Gasteiger charge is 2.03. The van der Waals surface area contributed by atoms with E-state index in [1.165, 1.54) is 64.9 Å². The Kier molecular flexibility index (Phi) is 30.2. The minimum absolute atomic E-state index is 0.0546. The number of unbranched alkanes of at least 4 members (excludes halogenated alkanes) is 15. The molecule has 7 heteroatoms. The molecule has 0 aromatic carbocycles. The van der Waals surface area contributed by atoms with Gasteiger partial charge in [0.15, 0.2) is 6.29 Å². The van der Waals surface area contributed by atoms with Gasteiger partial charge in [-0.2, -0.15) is 0 Å². The summed E-state index contributed by atoms with van der Waals surface area (Å²) in [5.74, 6) is -0.783. The van der Waals surface area contributed by atoms with E-state index in [4.69, 9.17) is 14.6 Å². The Balaban J connectivity index is 0. The van der Waals surface area contributed by atoms with Gasteiger partial charge in [-0.1, -0.05) is 77.0 Å². The van der Waals surface area contributed by atoms with Crippen LogP contribution >= 0.6 is 0 Å². The second kappa shape index (κ2) is 29.6. The van der Waals surface area contributed by atoms with E-state index in [9.17, 15) is 14.4 Å². The molecule has 0 heterocycles. The van der Waals surface area contributed by atoms with Crippen molar-refractivity contribution in [3.05, 3.63) is 0 Å². The Morgan fingerprint density at radius 3 is 1.47 bits per heavy atom. The van der Waals surface area contributed by atoms with Crippen molar-refractivity contribution < 1.29 is 33.7 Å². The van der Waals surface area contributed by atoms with Gasteiger partial charge in [0, 0.05) is 33.5 Å². The van der Waals surface area contributed by atoms with Gasteiger partial charge < -0.3 is 24.1 Å². The molecule has 7 nitrogen and oxygen atoms in total. The molecule has 0 aliphatic carbocycles. The third-order valence-electron chi connectivity index (χ3n) is 5.79. The number of hydrogen-bond acceptors (Lipinski definition) is 6. The number of ether oxygens (including phenoxy) is 3. The molecule has 0 spiro atoms. The minimum atomic E-state index is -0.680. The van der Waals surface area contributed by atoms with Crippen LogP contribution in [0.1, 0.15) is 128 Å². The highest BCUT2D eigenvalue weighted by Crippen LogP contribution is 2.12. The number of aliphatic carboxylic acids is 1. The van der Waals surface area contributed by atoms with E-state index < -0.39 is 5.97 Å². The van der Waals surface area contributed by atoms with Crippen LogP contribution < -0.4 is 0 Å². The summed E-state index contributed by atoms with van der Waals surface area (Å²) in [5, 5.41) is 8.48. The fourth-order valence-corrected chi connectivity index (χ4v) is 3.64. The fourth-order valence-electron chi connectivity index (χ4n) is 3.64. The van der Waals surface area contributed by atoms with Crippen molar-refractivity contribution in [2.75, 3.05) is 21.3 Å². The van der Waals surface area contributed by atoms with Crippen LogP contribution in [0.2, 0.25) is 0 Å². The molecule has 0 saturated carbocycles. The Bertz CT molecular complexity index is 450. The zero-order valence-corrected chi connectivity index (χ0v) is 22.2. The molecule has 0 aliphatic rings. The molecular formula is C27H52O7. The van der Waals surface area contributed by atoms with Crippen LogP contribution in [-0.4, -0.2) is 51.0 Å². The summed E-state index contributed by atoms with van der Waals surface area (Å²) in [7, 11) is 4.78. The van der Waals surface area contributed by atoms with Crippen molar-refractivity contribution in [3.63, 3.8) is 0 Å². The number of carbonyl (C=O) groups is 3. The molecule has 0 aromatic heterocycles. The van der Waals surface area contributed by atoms with E-state index in [1.807, 2.05) is 0 Å². The van der Waals surface area contributed by atoms with Gasteiger partial charge in [0.05, 0.1) is 7.11 Å². The lowest BCUT2D eigenvalue weighted by Gasteiger charge is -2.12. The predicted molar refractivity (Wildman–Crippen MR) is 136 cm³/mol. The molecule has 0 saturated heterocycles. The molecule has 0 radical (unpaired) electrons. The second-order valence-electron chi connectivity index (χ2n) is 8.77. The maximum atomic E-state index is 10.8. The van der Waals surface area contributed by atoms with Crippen LogP contribution in [0.5, 0.6) is 0 Å². The van der Waals surface area contributed by atoms with E-state index in [2.05, 4.69) is 4.74 Å². The molecule has 0 atom stereocenters. The second-order valence-corrected chi connectivity index (χ2v) is 8.77. The molecular weight excluding hydrogens is 436 g/mol. The van der Waals surface area contributed by atoms with E-state index in [1.54, 1.807) is 14.2 Å². The lowest BCUT2D eigenvalue weighted by atomic mass is 10.1. The Morgan fingerprint density at radius 1 is 0.647 bits per heavy atom. The summed E-state index contributed by atoms with van der Waals surface area (Å²) in [5.41, 5.74) is 0. The standard InChI is InChI=1S/C14H28O4.C13H24O3/c1-17-14(18-2)12-10-8-6-4-3-5-7-9-11-13(15)16;1-16-13(15)11-9-7-5-3-2-4-6-8-10-12-14/h14H,3-12H2,1-2H3,(H,15,16);12H,2-11H2,1H3. The van der Waals surface area contributed by atoms with Crippen LogP contribution in [0.3, 0.4) is 0 Å². The molecule has 0 unspecified atom stereocenters. The first kappa shape index (κ1) is 34.7. The number of rotatable bonds is 24. The molecule has 0 fully saturated rings. The number of aldehydes is 1. The highest BCUT2D eigenvalue weighted by molar-refractivity contribution is 5.69. The highest BCUT2D eigenvalue weighted by atomic mass is 16.7. The average Bonchev–Trinajstić information content (AvgIpc) is 2.84. The summed E-state index contributed by atoms with van der Waals surface area (Å²) >= 11 is 0. The number of carboxylic acid groups (broad SMARTS) is 1. The van der Waals surface area contributed by atoms with Crippen LogP contribution in [0.4, 0.5) is 0 Å². The lowest BCUT2D eigenvalue weighted by molar-refractivity contribution is -0.141. The minimum Gasteiger partial charge on any atom is -0.481 e. The molecule has 0 aliphatic heterocycles. The first-order valence-electron chi connectivity index (χ1n) is 13.3. The molecule has 202 valence electrons. The lowest BCUT2D eigenvalue weighted by Crippen LogP contribution is -2.12. The third-order valence-corrected chi connectivity index (χ3v) is 5.79. The molecule has 0 aromatic rings. The first-order chi connectivity index (χ1) is 16.5. The first-order valence-corrected chi connectivity index (χ1v) is 13.3. The average molecular weight is 489 g/mol. The number of carbonyl (C=O) groups excluding carboxylic acids is 2. The quantitative estimate of drug-likeness (QED) is 0.0686.